The molecule has 2 aromatic rings. The van der Waals surface area contributed by atoms with Gasteiger partial charge in [0.25, 0.3) is 0 Å². The fourth-order valence-corrected chi connectivity index (χ4v) is 3.42. The molecule has 27 heavy (non-hydrogen) atoms. The highest BCUT2D eigenvalue weighted by Crippen LogP contribution is 2.24. The number of nitrogens with one attached hydrogen (secondary N) is 1. The van der Waals surface area contributed by atoms with Crippen molar-refractivity contribution in [3.63, 3.8) is 0 Å². The van der Waals surface area contributed by atoms with Gasteiger partial charge >= 0.3 is 0 Å². The number of guanidine groups is 1. The van der Waals surface area contributed by atoms with E-state index in [1.54, 1.807) is 0 Å². The standard InChI is InChI=1S/C22H30N4O/c1-17(2)15-26-12-11-18(16-26)14-24-22(23)25-19-7-6-10-21(13-19)27-20-8-4-3-5-9-20/h3-10,13,17-18H,11-12,14-16H2,1-2H3,(H3,23,24,25). The number of ether oxygens (including phenoxy) is 1. The zero-order valence-corrected chi connectivity index (χ0v) is 16.3. The SMILES string of the molecule is CC(C)CN1CCC(CN=C(N)Nc2cccc(Oc3ccccc3)c2)C1. The van der Waals surface area contributed by atoms with Gasteiger partial charge in [-0.1, -0.05) is 38.1 Å². The van der Waals surface area contributed by atoms with Gasteiger partial charge in [-0.25, -0.2) is 0 Å². The molecular weight excluding hydrogens is 336 g/mol. The minimum atomic E-state index is 0.453. The van der Waals surface area contributed by atoms with Crippen LogP contribution >= 0.6 is 0 Å². The molecule has 1 heterocycles. The van der Waals surface area contributed by atoms with E-state index in [0.29, 0.717) is 17.8 Å². The third-order valence-electron chi connectivity index (χ3n) is 4.60. The summed E-state index contributed by atoms with van der Waals surface area (Å²) < 4.78 is 5.86. The van der Waals surface area contributed by atoms with Gasteiger partial charge in [-0.3, -0.25) is 4.99 Å². The Morgan fingerprint density at radius 3 is 2.74 bits per heavy atom. The molecular formula is C22H30N4O. The largest absolute Gasteiger partial charge is 0.457 e. The van der Waals surface area contributed by atoms with E-state index in [4.69, 9.17) is 10.5 Å². The molecule has 0 aromatic heterocycles. The van der Waals surface area contributed by atoms with E-state index in [2.05, 4.69) is 29.1 Å². The Kier molecular flexibility index (Phi) is 6.71. The molecule has 1 saturated heterocycles. The second kappa shape index (κ2) is 9.42. The quantitative estimate of drug-likeness (QED) is 0.570. The molecule has 3 rings (SSSR count). The highest BCUT2D eigenvalue weighted by molar-refractivity contribution is 5.92. The van der Waals surface area contributed by atoms with Crippen LogP contribution in [0.3, 0.4) is 0 Å². The van der Waals surface area contributed by atoms with Gasteiger partial charge in [-0.2, -0.15) is 0 Å². The molecule has 1 aliphatic heterocycles. The van der Waals surface area contributed by atoms with Crippen molar-refractivity contribution >= 4 is 11.6 Å². The normalized spacial score (nSPS) is 18.0. The summed E-state index contributed by atoms with van der Waals surface area (Å²) in [6, 6.07) is 17.5. The van der Waals surface area contributed by atoms with Crippen molar-refractivity contribution in [2.45, 2.75) is 20.3 Å². The fraction of sp³-hybridized carbons (Fsp3) is 0.409. The number of para-hydroxylation sites is 1. The Labute approximate surface area is 162 Å². The lowest BCUT2D eigenvalue weighted by molar-refractivity contribution is 0.288. The van der Waals surface area contributed by atoms with Crippen LogP contribution in [-0.2, 0) is 0 Å². The van der Waals surface area contributed by atoms with Crippen LogP contribution < -0.4 is 15.8 Å². The van der Waals surface area contributed by atoms with Gasteiger partial charge in [0.2, 0.25) is 0 Å². The van der Waals surface area contributed by atoms with Crippen molar-refractivity contribution in [1.29, 1.82) is 0 Å². The number of aliphatic imine (C=N–C) groups is 1. The molecule has 0 bridgehead atoms. The number of hydrogen-bond donors (Lipinski definition) is 2. The predicted octanol–water partition coefficient (Wildman–Crippen LogP) is 4.18. The molecule has 0 spiro atoms. The number of nitrogens with two attached hydrogens (primary N) is 1. The minimum absolute atomic E-state index is 0.453. The van der Waals surface area contributed by atoms with Crippen molar-refractivity contribution in [2.24, 2.45) is 22.6 Å². The maximum Gasteiger partial charge on any atom is 0.193 e. The van der Waals surface area contributed by atoms with Crippen LogP contribution in [0, 0.1) is 11.8 Å². The van der Waals surface area contributed by atoms with E-state index in [1.165, 1.54) is 19.5 Å². The lowest BCUT2D eigenvalue weighted by atomic mass is 10.1. The van der Waals surface area contributed by atoms with Crippen LogP contribution in [0.1, 0.15) is 20.3 Å². The van der Waals surface area contributed by atoms with Crippen LogP contribution in [0.4, 0.5) is 5.69 Å². The van der Waals surface area contributed by atoms with E-state index < -0.39 is 0 Å². The average molecular weight is 367 g/mol. The Bertz CT molecular complexity index is 745. The molecule has 0 saturated carbocycles. The van der Waals surface area contributed by atoms with Crippen molar-refractivity contribution in [3.8, 4) is 11.5 Å². The summed E-state index contributed by atoms with van der Waals surface area (Å²) in [5.41, 5.74) is 6.96. The second-order valence-electron chi connectivity index (χ2n) is 7.60. The minimum Gasteiger partial charge on any atom is -0.457 e. The molecule has 3 N–H and O–H groups in total. The summed E-state index contributed by atoms with van der Waals surface area (Å²) in [7, 11) is 0. The topological polar surface area (TPSA) is 62.9 Å². The number of rotatable bonds is 7. The molecule has 1 atom stereocenters. The zero-order valence-electron chi connectivity index (χ0n) is 16.3. The van der Waals surface area contributed by atoms with Gasteiger partial charge in [0.05, 0.1) is 0 Å². The first-order valence-corrected chi connectivity index (χ1v) is 9.71. The van der Waals surface area contributed by atoms with Gasteiger partial charge in [-0.15, -0.1) is 0 Å². The predicted molar refractivity (Wildman–Crippen MR) is 112 cm³/mol. The first-order valence-electron chi connectivity index (χ1n) is 9.71. The van der Waals surface area contributed by atoms with Gasteiger partial charge in [0.15, 0.2) is 5.96 Å². The summed E-state index contributed by atoms with van der Waals surface area (Å²) in [5.74, 6) is 3.33. The molecule has 1 fully saturated rings. The van der Waals surface area contributed by atoms with Crippen molar-refractivity contribution in [3.05, 3.63) is 54.6 Å². The highest BCUT2D eigenvalue weighted by atomic mass is 16.5. The van der Waals surface area contributed by atoms with Gasteiger partial charge in [-0.05, 0) is 49.1 Å². The molecule has 2 aromatic carbocycles. The third kappa shape index (κ3) is 6.29. The highest BCUT2D eigenvalue weighted by Gasteiger charge is 2.22. The van der Waals surface area contributed by atoms with Crippen LogP contribution in [0.5, 0.6) is 11.5 Å². The van der Waals surface area contributed by atoms with Crippen LogP contribution in [0.25, 0.3) is 0 Å². The van der Waals surface area contributed by atoms with Gasteiger partial charge in [0, 0.05) is 31.4 Å². The van der Waals surface area contributed by atoms with Crippen LogP contribution in [0.15, 0.2) is 59.6 Å². The maximum absolute atomic E-state index is 6.09. The molecule has 5 heteroatoms. The summed E-state index contributed by atoms with van der Waals surface area (Å²) in [4.78, 5) is 7.07. The number of hydrogen-bond acceptors (Lipinski definition) is 3. The lowest BCUT2D eigenvalue weighted by Gasteiger charge is -2.17. The zero-order chi connectivity index (χ0) is 19.1. The van der Waals surface area contributed by atoms with Crippen molar-refractivity contribution in [1.82, 2.24) is 4.90 Å². The molecule has 1 unspecified atom stereocenters. The summed E-state index contributed by atoms with van der Waals surface area (Å²) in [5, 5.41) is 3.17. The fourth-order valence-electron chi connectivity index (χ4n) is 3.42. The smallest absolute Gasteiger partial charge is 0.193 e. The first kappa shape index (κ1) is 19.2. The van der Waals surface area contributed by atoms with Crippen LogP contribution in [-0.4, -0.2) is 37.0 Å². The summed E-state index contributed by atoms with van der Waals surface area (Å²) in [6.45, 7) is 8.77. The molecule has 0 amide bonds. The Morgan fingerprint density at radius 2 is 1.96 bits per heavy atom. The number of likely N-dealkylation sites (tertiary alicyclic amines) is 1. The summed E-state index contributed by atoms with van der Waals surface area (Å²) >= 11 is 0. The maximum atomic E-state index is 6.09. The van der Waals surface area contributed by atoms with E-state index in [9.17, 15) is 0 Å². The number of nitrogens with zero attached hydrogens (tertiary/aromatic N) is 2. The number of anilines is 1. The van der Waals surface area contributed by atoms with Gasteiger partial charge < -0.3 is 20.7 Å². The molecule has 0 radical (unpaired) electrons. The van der Waals surface area contributed by atoms with Gasteiger partial charge in [0.1, 0.15) is 11.5 Å². The average Bonchev–Trinajstić information content (AvgIpc) is 3.08. The molecule has 144 valence electrons. The van der Waals surface area contributed by atoms with E-state index in [1.807, 2.05) is 54.6 Å². The first-order chi connectivity index (χ1) is 13.1. The third-order valence-corrected chi connectivity index (χ3v) is 4.60. The van der Waals surface area contributed by atoms with Crippen molar-refractivity contribution in [2.75, 3.05) is 31.5 Å². The van der Waals surface area contributed by atoms with E-state index >= 15 is 0 Å². The summed E-state index contributed by atoms with van der Waals surface area (Å²) in [6.07, 6.45) is 1.20. The van der Waals surface area contributed by atoms with E-state index in [0.717, 1.165) is 30.3 Å². The van der Waals surface area contributed by atoms with Crippen LogP contribution in [0.2, 0.25) is 0 Å². The molecule has 5 nitrogen and oxygen atoms in total. The Morgan fingerprint density at radius 1 is 1.19 bits per heavy atom. The monoisotopic (exact) mass is 366 g/mol. The lowest BCUT2D eigenvalue weighted by Crippen LogP contribution is -2.26. The molecule has 0 aliphatic carbocycles. The Hall–Kier alpha value is -2.53. The Balaban J connectivity index is 1.51. The van der Waals surface area contributed by atoms with E-state index in [-0.39, 0.29) is 0 Å². The van der Waals surface area contributed by atoms with Crippen molar-refractivity contribution < 1.29 is 4.74 Å². The molecule has 1 aliphatic rings. The number of benzene rings is 2. The second-order valence-corrected chi connectivity index (χ2v) is 7.60.